The Labute approximate surface area is 88.1 Å². The first kappa shape index (κ1) is 9.76. The SMILES string of the molecule is CC(C)c1c(N)c(N)c2c(c1N)OCO2. The van der Waals surface area contributed by atoms with E-state index >= 15 is 0 Å². The molecule has 0 unspecified atom stereocenters. The first-order valence-electron chi connectivity index (χ1n) is 4.79. The summed E-state index contributed by atoms with van der Waals surface area (Å²) in [5.41, 5.74) is 20.0. The normalized spacial score (nSPS) is 13.5. The Hall–Kier alpha value is -1.78. The van der Waals surface area contributed by atoms with E-state index in [9.17, 15) is 0 Å². The van der Waals surface area contributed by atoms with Crippen molar-refractivity contribution >= 4 is 17.1 Å². The lowest BCUT2D eigenvalue weighted by Crippen LogP contribution is -2.06. The van der Waals surface area contributed by atoms with E-state index in [0.717, 1.165) is 5.56 Å². The molecule has 15 heavy (non-hydrogen) atoms. The first-order chi connectivity index (χ1) is 7.04. The van der Waals surface area contributed by atoms with Crippen molar-refractivity contribution in [1.82, 2.24) is 0 Å². The third kappa shape index (κ3) is 1.23. The Balaban J connectivity index is 2.73. The van der Waals surface area contributed by atoms with Crippen LogP contribution in [0.2, 0.25) is 0 Å². The number of anilines is 3. The zero-order chi connectivity index (χ0) is 11.2. The van der Waals surface area contributed by atoms with Crippen molar-refractivity contribution in [2.45, 2.75) is 19.8 Å². The van der Waals surface area contributed by atoms with E-state index in [0.29, 0.717) is 28.6 Å². The summed E-state index contributed by atoms with van der Waals surface area (Å²) in [6.07, 6.45) is 0. The number of hydrogen-bond donors (Lipinski definition) is 3. The highest BCUT2D eigenvalue weighted by atomic mass is 16.7. The minimum absolute atomic E-state index is 0.144. The van der Waals surface area contributed by atoms with Crippen LogP contribution in [0.4, 0.5) is 17.1 Å². The van der Waals surface area contributed by atoms with Gasteiger partial charge in [-0.1, -0.05) is 13.8 Å². The second-order valence-corrected chi connectivity index (χ2v) is 3.87. The Morgan fingerprint density at radius 2 is 1.47 bits per heavy atom. The van der Waals surface area contributed by atoms with E-state index in [2.05, 4.69) is 0 Å². The van der Waals surface area contributed by atoms with E-state index in [1.165, 1.54) is 0 Å². The molecule has 5 heteroatoms. The molecule has 6 N–H and O–H groups in total. The number of rotatable bonds is 1. The Kier molecular flexibility index (Phi) is 2.03. The quantitative estimate of drug-likeness (QED) is 0.605. The van der Waals surface area contributed by atoms with Crippen LogP contribution in [0.25, 0.3) is 0 Å². The molecule has 0 bridgehead atoms. The molecule has 0 fully saturated rings. The second-order valence-electron chi connectivity index (χ2n) is 3.87. The minimum atomic E-state index is 0.144. The van der Waals surface area contributed by atoms with Gasteiger partial charge in [-0.15, -0.1) is 0 Å². The average Bonchev–Trinajstić information content (AvgIpc) is 2.62. The third-order valence-electron chi connectivity index (χ3n) is 2.55. The molecule has 1 aliphatic rings. The lowest BCUT2D eigenvalue weighted by atomic mass is 9.97. The van der Waals surface area contributed by atoms with Gasteiger partial charge in [0.25, 0.3) is 0 Å². The Morgan fingerprint density at radius 3 is 2.00 bits per heavy atom. The lowest BCUT2D eigenvalue weighted by molar-refractivity contribution is 0.175. The van der Waals surface area contributed by atoms with E-state index < -0.39 is 0 Å². The summed E-state index contributed by atoms with van der Waals surface area (Å²) >= 11 is 0. The first-order valence-corrected chi connectivity index (χ1v) is 4.79. The molecular formula is C10H15N3O2. The van der Waals surface area contributed by atoms with Gasteiger partial charge in [0.2, 0.25) is 6.79 Å². The summed E-state index contributed by atoms with van der Waals surface area (Å²) in [4.78, 5) is 0. The summed E-state index contributed by atoms with van der Waals surface area (Å²) in [6, 6.07) is 0. The average molecular weight is 209 g/mol. The third-order valence-corrected chi connectivity index (χ3v) is 2.55. The highest BCUT2D eigenvalue weighted by molar-refractivity contribution is 5.87. The molecule has 1 heterocycles. The van der Waals surface area contributed by atoms with Crippen LogP contribution in [0, 0.1) is 0 Å². The van der Waals surface area contributed by atoms with Gasteiger partial charge in [0.05, 0.1) is 11.4 Å². The van der Waals surface area contributed by atoms with Gasteiger partial charge in [0.1, 0.15) is 5.69 Å². The van der Waals surface area contributed by atoms with Crippen LogP contribution in [0.5, 0.6) is 11.5 Å². The van der Waals surface area contributed by atoms with E-state index in [4.69, 9.17) is 26.7 Å². The molecule has 0 radical (unpaired) electrons. The molecule has 0 atom stereocenters. The molecule has 0 aliphatic carbocycles. The second kappa shape index (κ2) is 3.12. The summed E-state index contributed by atoms with van der Waals surface area (Å²) in [5.74, 6) is 1.18. The molecule has 5 nitrogen and oxygen atoms in total. The van der Waals surface area contributed by atoms with Gasteiger partial charge < -0.3 is 26.7 Å². The maximum absolute atomic E-state index is 5.96. The fraction of sp³-hybridized carbons (Fsp3) is 0.400. The topological polar surface area (TPSA) is 96.5 Å². The molecular weight excluding hydrogens is 194 g/mol. The number of benzene rings is 1. The molecule has 0 amide bonds. The summed E-state index contributed by atoms with van der Waals surface area (Å²) < 4.78 is 10.5. The molecule has 1 aromatic carbocycles. The van der Waals surface area contributed by atoms with Gasteiger partial charge in [0, 0.05) is 5.56 Å². The molecule has 0 aromatic heterocycles. The van der Waals surface area contributed by atoms with Crippen molar-refractivity contribution in [3.05, 3.63) is 5.56 Å². The van der Waals surface area contributed by atoms with Crippen LogP contribution < -0.4 is 26.7 Å². The molecule has 0 spiro atoms. The van der Waals surface area contributed by atoms with Crippen LogP contribution in [0.3, 0.4) is 0 Å². The van der Waals surface area contributed by atoms with Crippen molar-refractivity contribution in [3.63, 3.8) is 0 Å². The fourth-order valence-corrected chi connectivity index (χ4v) is 1.84. The monoisotopic (exact) mass is 209 g/mol. The van der Waals surface area contributed by atoms with Gasteiger partial charge in [-0.05, 0) is 5.92 Å². The zero-order valence-electron chi connectivity index (χ0n) is 8.83. The van der Waals surface area contributed by atoms with Gasteiger partial charge in [-0.25, -0.2) is 0 Å². The molecule has 0 saturated carbocycles. The van der Waals surface area contributed by atoms with Crippen LogP contribution in [-0.2, 0) is 0 Å². The van der Waals surface area contributed by atoms with E-state index in [-0.39, 0.29) is 12.7 Å². The molecule has 1 aliphatic heterocycles. The summed E-state index contributed by atoms with van der Waals surface area (Å²) in [6.45, 7) is 4.15. The summed E-state index contributed by atoms with van der Waals surface area (Å²) in [7, 11) is 0. The van der Waals surface area contributed by atoms with E-state index in [1.54, 1.807) is 0 Å². The van der Waals surface area contributed by atoms with E-state index in [1.807, 2.05) is 13.8 Å². The standard InChI is InChI=1S/C10H15N3O2/c1-4(2)5-6(11)8(13)10-9(7(5)12)14-3-15-10/h4H,3,11-13H2,1-2H3. The number of nitrogens with two attached hydrogens (primary N) is 3. The Morgan fingerprint density at radius 1 is 0.933 bits per heavy atom. The van der Waals surface area contributed by atoms with Gasteiger partial charge in [0.15, 0.2) is 11.5 Å². The highest BCUT2D eigenvalue weighted by Gasteiger charge is 2.26. The molecule has 82 valence electrons. The lowest BCUT2D eigenvalue weighted by Gasteiger charge is -2.16. The van der Waals surface area contributed by atoms with Crippen molar-refractivity contribution in [3.8, 4) is 11.5 Å². The maximum atomic E-state index is 5.96. The summed E-state index contributed by atoms with van der Waals surface area (Å²) in [5, 5.41) is 0. The largest absolute Gasteiger partial charge is 0.451 e. The number of hydrogen-bond acceptors (Lipinski definition) is 5. The number of fused-ring (bicyclic) bond motifs is 1. The maximum Gasteiger partial charge on any atom is 0.231 e. The number of nitrogen functional groups attached to an aromatic ring is 3. The van der Waals surface area contributed by atoms with Crippen LogP contribution in [0.15, 0.2) is 0 Å². The van der Waals surface area contributed by atoms with Crippen molar-refractivity contribution in [2.75, 3.05) is 24.0 Å². The molecule has 0 saturated heterocycles. The van der Waals surface area contributed by atoms with Crippen LogP contribution in [-0.4, -0.2) is 6.79 Å². The van der Waals surface area contributed by atoms with Crippen LogP contribution in [0.1, 0.15) is 25.3 Å². The van der Waals surface area contributed by atoms with Crippen LogP contribution >= 0.6 is 0 Å². The van der Waals surface area contributed by atoms with Gasteiger partial charge in [-0.2, -0.15) is 0 Å². The predicted octanol–water partition coefficient (Wildman–Crippen LogP) is 1.29. The van der Waals surface area contributed by atoms with Gasteiger partial charge in [-0.3, -0.25) is 0 Å². The molecule has 2 rings (SSSR count). The smallest absolute Gasteiger partial charge is 0.231 e. The zero-order valence-corrected chi connectivity index (χ0v) is 8.83. The Bertz CT molecular complexity index is 416. The van der Waals surface area contributed by atoms with Gasteiger partial charge >= 0.3 is 0 Å². The fourth-order valence-electron chi connectivity index (χ4n) is 1.84. The number of ether oxygens (including phenoxy) is 2. The van der Waals surface area contributed by atoms with Crippen molar-refractivity contribution in [1.29, 1.82) is 0 Å². The predicted molar refractivity (Wildman–Crippen MR) is 59.9 cm³/mol. The van der Waals surface area contributed by atoms with Crippen molar-refractivity contribution in [2.24, 2.45) is 0 Å². The van der Waals surface area contributed by atoms with Crippen molar-refractivity contribution < 1.29 is 9.47 Å². The highest BCUT2D eigenvalue weighted by Crippen LogP contribution is 2.50. The minimum Gasteiger partial charge on any atom is -0.451 e. The molecule has 1 aromatic rings.